The summed E-state index contributed by atoms with van der Waals surface area (Å²) >= 11 is 6.05. The minimum absolute atomic E-state index is 0.0134. The maximum Gasteiger partial charge on any atom is 0.274 e. The van der Waals surface area contributed by atoms with Crippen molar-refractivity contribution in [2.75, 3.05) is 0 Å². The molecule has 0 bridgehead atoms. The molecule has 1 unspecified atom stereocenters. The topological polar surface area (TPSA) is 59.8 Å². The van der Waals surface area contributed by atoms with E-state index >= 15 is 0 Å². The van der Waals surface area contributed by atoms with E-state index < -0.39 is 0 Å². The standard InChI is InChI=1S/C20H19ClN4O/c1-13-18(23-24-25(13)17-9-5-8-16(21)12-17)20(26)22-19(15-10-11-15)14-6-3-2-4-7-14/h2-9,12,15,19H,10-11H2,1H3,(H,22,26). The summed E-state index contributed by atoms with van der Waals surface area (Å²) in [6.07, 6.45) is 2.27. The molecule has 4 rings (SSSR count). The van der Waals surface area contributed by atoms with Gasteiger partial charge in [-0.15, -0.1) is 5.10 Å². The molecule has 26 heavy (non-hydrogen) atoms. The zero-order valence-electron chi connectivity index (χ0n) is 14.4. The molecule has 6 heteroatoms. The van der Waals surface area contributed by atoms with Gasteiger partial charge in [-0.3, -0.25) is 4.79 Å². The Bertz CT molecular complexity index is 934. The van der Waals surface area contributed by atoms with Crippen molar-refractivity contribution in [1.82, 2.24) is 20.3 Å². The van der Waals surface area contributed by atoms with Gasteiger partial charge >= 0.3 is 0 Å². The van der Waals surface area contributed by atoms with Crippen LogP contribution in [0.5, 0.6) is 0 Å². The highest BCUT2D eigenvalue weighted by Crippen LogP contribution is 2.41. The maximum absolute atomic E-state index is 12.8. The molecule has 0 aliphatic heterocycles. The SMILES string of the molecule is Cc1c(C(=O)NC(c2ccccc2)C2CC2)nnn1-c1cccc(Cl)c1. The molecular weight excluding hydrogens is 348 g/mol. The number of hydrogen-bond acceptors (Lipinski definition) is 3. The molecule has 0 radical (unpaired) electrons. The number of nitrogens with zero attached hydrogens (tertiary/aromatic N) is 3. The zero-order valence-corrected chi connectivity index (χ0v) is 15.1. The van der Waals surface area contributed by atoms with Crippen LogP contribution in [0.1, 0.15) is 40.6 Å². The van der Waals surface area contributed by atoms with Crippen molar-refractivity contribution in [1.29, 1.82) is 0 Å². The van der Waals surface area contributed by atoms with Crippen LogP contribution in [0.3, 0.4) is 0 Å². The average Bonchev–Trinajstić information content (AvgIpc) is 3.42. The monoisotopic (exact) mass is 366 g/mol. The lowest BCUT2D eigenvalue weighted by Crippen LogP contribution is -2.30. The van der Waals surface area contributed by atoms with Crippen LogP contribution in [0.15, 0.2) is 54.6 Å². The van der Waals surface area contributed by atoms with Gasteiger partial charge < -0.3 is 5.32 Å². The van der Waals surface area contributed by atoms with Gasteiger partial charge in [0.2, 0.25) is 0 Å². The van der Waals surface area contributed by atoms with E-state index in [0.29, 0.717) is 22.3 Å². The molecule has 1 aliphatic rings. The second-order valence-corrected chi connectivity index (χ2v) is 7.05. The normalized spacial score (nSPS) is 14.8. The molecule has 5 nitrogen and oxygen atoms in total. The Morgan fingerprint density at radius 2 is 1.96 bits per heavy atom. The summed E-state index contributed by atoms with van der Waals surface area (Å²) in [5, 5.41) is 12.0. The molecule has 1 heterocycles. The molecule has 0 saturated heterocycles. The summed E-state index contributed by atoms with van der Waals surface area (Å²) in [5.74, 6) is 0.293. The second-order valence-electron chi connectivity index (χ2n) is 6.61. The summed E-state index contributed by atoms with van der Waals surface area (Å²) in [4.78, 5) is 12.8. The van der Waals surface area contributed by atoms with E-state index in [1.165, 1.54) is 0 Å². The third kappa shape index (κ3) is 3.35. The van der Waals surface area contributed by atoms with Crippen LogP contribution in [0.4, 0.5) is 0 Å². The number of nitrogens with one attached hydrogen (secondary N) is 1. The van der Waals surface area contributed by atoms with Crippen molar-refractivity contribution in [3.63, 3.8) is 0 Å². The van der Waals surface area contributed by atoms with Gasteiger partial charge in [0.15, 0.2) is 5.69 Å². The predicted octanol–water partition coefficient (Wildman–Crippen LogP) is 4.11. The van der Waals surface area contributed by atoms with Crippen molar-refractivity contribution in [2.45, 2.75) is 25.8 Å². The molecule has 1 atom stereocenters. The molecule has 3 aromatic rings. The highest BCUT2D eigenvalue weighted by atomic mass is 35.5. The fourth-order valence-electron chi connectivity index (χ4n) is 3.16. The average molecular weight is 367 g/mol. The summed E-state index contributed by atoms with van der Waals surface area (Å²) < 4.78 is 1.63. The van der Waals surface area contributed by atoms with Gasteiger partial charge in [-0.25, -0.2) is 4.68 Å². The smallest absolute Gasteiger partial charge is 0.274 e. The van der Waals surface area contributed by atoms with E-state index in [-0.39, 0.29) is 11.9 Å². The fourth-order valence-corrected chi connectivity index (χ4v) is 3.35. The lowest BCUT2D eigenvalue weighted by molar-refractivity contribution is 0.0926. The van der Waals surface area contributed by atoms with Crippen LogP contribution in [0, 0.1) is 12.8 Å². The van der Waals surface area contributed by atoms with E-state index in [4.69, 9.17) is 11.6 Å². The highest BCUT2D eigenvalue weighted by molar-refractivity contribution is 6.30. The molecule has 1 N–H and O–H groups in total. The molecular formula is C20H19ClN4O. The minimum atomic E-state index is -0.198. The van der Waals surface area contributed by atoms with Crippen molar-refractivity contribution >= 4 is 17.5 Å². The van der Waals surface area contributed by atoms with E-state index in [0.717, 1.165) is 24.1 Å². The lowest BCUT2D eigenvalue weighted by Gasteiger charge is -2.18. The number of halogens is 1. The van der Waals surface area contributed by atoms with Crippen molar-refractivity contribution in [3.8, 4) is 5.69 Å². The third-order valence-electron chi connectivity index (χ3n) is 4.70. The first kappa shape index (κ1) is 16.8. The van der Waals surface area contributed by atoms with Gasteiger partial charge in [0.1, 0.15) is 0 Å². The van der Waals surface area contributed by atoms with Crippen LogP contribution in [-0.2, 0) is 0 Å². The van der Waals surface area contributed by atoms with Crippen molar-refractivity contribution in [2.24, 2.45) is 5.92 Å². The highest BCUT2D eigenvalue weighted by Gasteiger charge is 2.34. The first-order chi connectivity index (χ1) is 12.6. The van der Waals surface area contributed by atoms with Crippen LogP contribution >= 0.6 is 11.6 Å². The first-order valence-electron chi connectivity index (χ1n) is 8.67. The largest absolute Gasteiger partial charge is 0.343 e. The van der Waals surface area contributed by atoms with Crippen LogP contribution < -0.4 is 5.32 Å². The molecule has 1 aromatic heterocycles. The van der Waals surface area contributed by atoms with Crippen LogP contribution in [-0.4, -0.2) is 20.9 Å². The van der Waals surface area contributed by atoms with Gasteiger partial charge in [0, 0.05) is 5.02 Å². The van der Waals surface area contributed by atoms with Crippen LogP contribution in [0.2, 0.25) is 5.02 Å². The Balaban J connectivity index is 1.59. The molecule has 0 spiro atoms. The number of hydrogen-bond donors (Lipinski definition) is 1. The summed E-state index contributed by atoms with van der Waals surface area (Å²) in [6, 6.07) is 17.4. The van der Waals surface area contributed by atoms with Crippen molar-refractivity contribution in [3.05, 3.63) is 76.6 Å². The van der Waals surface area contributed by atoms with E-state index in [1.54, 1.807) is 16.8 Å². The lowest BCUT2D eigenvalue weighted by atomic mass is 10.0. The zero-order chi connectivity index (χ0) is 18.1. The molecule has 1 fully saturated rings. The Morgan fingerprint density at radius 3 is 2.65 bits per heavy atom. The second kappa shape index (κ2) is 6.92. The molecule has 1 aliphatic carbocycles. The number of aromatic nitrogens is 3. The number of amides is 1. The molecule has 1 amide bonds. The van der Waals surface area contributed by atoms with Crippen LogP contribution in [0.25, 0.3) is 5.69 Å². The fraction of sp³-hybridized carbons (Fsp3) is 0.250. The quantitative estimate of drug-likeness (QED) is 0.739. The number of benzene rings is 2. The molecule has 132 valence electrons. The summed E-state index contributed by atoms with van der Waals surface area (Å²) in [6.45, 7) is 1.84. The Kier molecular flexibility index (Phi) is 4.47. The van der Waals surface area contributed by atoms with Gasteiger partial charge in [-0.2, -0.15) is 0 Å². The van der Waals surface area contributed by atoms with Gasteiger partial charge in [0.25, 0.3) is 5.91 Å². The first-order valence-corrected chi connectivity index (χ1v) is 9.05. The maximum atomic E-state index is 12.8. The predicted molar refractivity (Wildman–Crippen MR) is 100 cm³/mol. The minimum Gasteiger partial charge on any atom is -0.343 e. The summed E-state index contributed by atoms with van der Waals surface area (Å²) in [5.41, 5.74) is 2.94. The van der Waals surface area contributed by atoms with Gasteiger partial charge in [-0.05, 0) is 49.4 Å². The Hall–Kier alpha value is -2.66. The molecule has 2 aromatic carbocycles. The van der Waals surface area contributed by atoms with Gasteiger partial charge in [-0.1, -0.05) is 53.2 Å². The number of carbonyl (C=O) groups excluding carboxylic acids is 1. The Morgan fingerprint density at radius 1 is 1.19 bits per heavy atom. The Labute approximate surface area is 157 Å². The number of carbonyl (C=O) groups is 1. The third-order valence-corrected chi connectivity index (χ3v) is 4.94. The number of rotatable bonds is 5. The molecule has 1 saturated carbocycles. The summed E-state index contributed by atoms with van der Waals surface area (Å²) in [7, 11) is 0. The van der Waals surface area contributed by atoms with Crippen molar-refractivity contribution < 1.29 is 4.79 Å². The van der Waals surface area contributed by atoms with E-state index in [1.807, 2.05) is 37.3 Å². The van der Waals surface area contributed by atoms with E-state index in [2.05, 4.69) is 27.8 Å². The van der Waals surface area contributed by atoms with Gasteiger partial charge in [0.05, 0.1) is 17.4 Å². The van der Waals surface area contributed by atoms with E-state index in [9.17, 15) is 4.79 Å².